The van der Waals surface area contributed by atoms with E-state index >= 15 is 0 Å². The number of quaternary nitrogens is 2. The molecule has 1 unspecified atom stereocenters. The Bertz CT molecular complexity index is 350. The van der Waals surface area contributed by atoms with Gasteiger partial charge in [0.2, 0.25) is 0 Å². The minimum absolute atomic E-state index is 0.808. The van der Waals surface area contributed by atoms with Crippen LogP contribution in [0.15, 0.2) is 22.8 Å². The van der Waals surface area contributed by atoms with Crippen molar-refractivity contribution in [2.45, 2.75) is 52.1 Å². The second kappa shape index (κ2) is 7.11. The van der Waals surface area contributed by atoms with Gasteiger partial charge in [-0.15, -0.1) is 0 Å². The fraction of sp³-hybridized carbons (Fsp3) is 0.750. The quantitative estimate of drug-likeness (QED) is 0.796. The first-order chi connectivity index (χ1) is 9.20. The Morgan fingerprint density at radius 3 is 2.79 bits per heavy atom. The molecular formula is C16H30N2O+2. The lowest BCUT2D eigenvalue weighted by atomic mass is 9.78. The van der Waals surface area contributed by atoms with E-state index in [9.17, 15) is 0 Å². The van der Waals surface area contributed by atoms with Crippen LogP contribution < -0.4 is 10.6 Å². The average molecular weight is 266 g/mol. The highest BCUT2D eigenvalue weighted by molar-refractivity contribution is 4.95. The minimum atomic E-state index is 0.808. The Morgan fingerprint density at radius 2 is 2.16 bits per heavy atom. The van der Waals surface area contributed by atoms with Crippen molar-refractivity contribution in [2.24, 2.45) is 11.8 Å². The monoisotopic (exact) mass is 266 g/mol. The highest BCUT2D eigenvalue weighted by Crippen LogP contribution is 2.28. The third kappa shape index (κ3) is 4.08. The van der Waals surface area contributed by atoms with Crippen molar-refractivity contribution < 1.29 is 15.1 Å². The Kier molecular flexibility index (Phi) is 5.46. The van der Waals surface area contributed by atoms with Gasteiger partial charge in [-0.2, -0.15) is 0 Å². The summed E-state index contributed by atoms with van der Waals surface area (Å²) in [6, 6.07) is 4.92. The van der Waals surface area contributed by atoms with E-state index in [1.54, 1.807) is 11.2 Å². The van der Waals surface area contributed by atoms with Crippen LogP contribution in [0, 0.1) is 11.8 Å². The summed E-state index contributed by atoms with van der Waals surface area (Å²) in [6.45, 7) is 8.14. The van der Waals surface area contributed by atoms with Crippen LogP contribution in [0.4, 0.5) is 0 Å². The molecule has 0 aliphatic heterocycles. The molecule has 19 heavy (non-hydrogen) atoms. The fourth-order valence-corrected chi connectivity index (χ4v) is 3.34. The van der Waals surface area contributed by atoms with E-state index in [1.807, 2.05) is 6.07 Å². The lowest BCUT2D eigenvalue weighted by Crippen LogP contribution is -3.15. The molecule has 3 heteroatoms. The lowest BCUT2D eigenvalue weighted by Gasteiger charge is -2.36. The first-order valence-electron chi connectivity index (χ1n) is 7.87. The summed E-state index contributed by atoms with van der Waals surface area (Å²) < 4.78 is 5.55. The predicted octanol–water partition coefficient (Wildman–Crippen LogP) is 1.12. The molecule has 108 valence electrons. The van der Waals surface area contributed by atoms with Gasteiger partial charge < -0.3 is 15.1 Å². The molecule has 2 rings (SSSR count). The summed E-state index contributed by atoms with van der Waals surface area (Å²) in [4.78, 5) is 1.71. The molecule has 1 aliphatic rings. The zero-order valence-corrected chi connectivity index (χ0v) is 12.5. The van der Waals surface area contributed by atoms with Crippen LogP contribution in [-0.2, 0) is 6.54 Å². The molecule has 0 saturated heterocycles. The van der Waals surface area contributed by atoms with Crippen LogP contribution in [0.1, 0.15) is 45.3 Å². The van der Waals surface area contributed by atoms with E-state index in [2.05, 4.69) is 25.6 Å². The summed E-state index contributed by atoms with van der Waals surface area (Å²) in [5, 5.41) is 0. The lowest BCUT2D eigenvalue weighted by molar-refractivity contribution is -0.942. The standard InChI is InChI=1S/C16H28N2O/c1-13-6-7-15(11-14(13)2)18(9-4-8-17)12-16-5-3-10-19-16/h3,5,10,13-15H,4,6-9,11-12,17H2,1-2H3/p+2/t13-,14+,15-/m1/s1. The van der Waals surface area contributed by atoms with Gasteiger partial charge >= 0.3 is 0 Å². The van der Waals surface area contributed by atoms with Crippen molar-refractivity contribution in [2.75, 3.05) is 13.1 Å². The molecule has 0 spiro atoms. The molecule has 1 aromatic rings. The molecule has 4 atom stereocenters. The first kappa shape index (κ1) is 14.6. The van der Waals surface area contributed by atoms with E-state index in [-0.39, 0.29) is 0 Å². The zero-order valence-electron chi connectivity index (χ0n) is 12.5. The van der Waals surface area contributed by atoms with Crippen LogP contribution in [0.5, 0.6) is 0 Å². The molecule has 1 saturated carbocycles. The van der Waals surface area contributed by atoms with Gasteiger partial charge in [-0.3, -0.25) is 0 Å². The third-order valence-corrected chi connectivity index (χ3v) is 4.90. The number of hydrogen-bond acceptors (Lipinski definition) is 1. The van der Waals surface area contributed by atoms with Gasteiger partial charge in [0.1, 0.15) is 6.54 Å². The van der Waals surface area contributed by atoms with Crippen molar-refractivity contribution in [3.8, 4) is 0 Å². The van der Waals surface area contributed by atoms with Gasteiger partial charge in [-0.05, 0) is 36.8 Å². The van der Waals surface area contributed by atoms with Crippen LogP contribution in [-0.4, -0.2) is 19.1 Å². The Labute approximate surface area is 117 Å². The summed E-state index contributed by atoms with van der Waals surface area (Å²) in [7, 11) is 0. The average Bonchev–Trinajstić information content (AvgIpc) is 2.91. The van der Waals surface area contributed by atoms with Crippen molar-refractivity contribution in [1.82, 2.24) is 0 Å². The van der Waals surface area contributed by atoms with Gasteiger partial charge in [0.25, 0.3) is 0 Å². The van der Waals surface area contributed by atoms with E-state index in [0.29, 0.717) is 0 Å². The van der Waals surface area contributed by atoms with Crippen molar-refractivity contribution in [3.63, 3.8) is 0 Å². The number of hydrogen-bond donors (Lipinski definition) is 2. The SMILES string of the molecule is C[C@@H]1CC[C@@H]([NH+](CCC[NH3+])Cc2ccco2)C[C@@H]1C. The number of nitrogens with one attached hydrogen (secondary N) is 1. The second-order valence-electron chi connectivity index (χ2n) is 6.34. The number of furan rings is 1. The van der Waals surface area contributed by atoms with E-state index in [1.165, 1.54) is 32.2 Å². The van der Waals surface area contributed by atoms with E-state index in [4.69, 9.17) is 4.42 Å². The maximum Gasteiger partial charge on any atom is 0.157 e. The van der Waals surface area contributed by atoms with Gasteiger partial charge in [-0.1, -0.05) is 13.8 Å². The topological polar surface area (TPSA) is 45.2 Å². The van der Waals surface area contributed by atoms with Crippen molar-refractivity contribution >= 4 is 0 Å². The zero-order chi connectivity index (χ0) is 13.7. The molecule has 1 aromatic heterocycles. The van der Waals surface area contributed by atoms with Gasteiger partial charge in [-0.25, -0.2) is 0 Å². The molecule has 0 aromatic carbocycles. The van der Waals surface area contributed by atoms with Gasteiger partial charge in [0, 0.05) is 12.8 Å². The van der Waals surface area contributed by atoms with E-state index < -0.39 is 0 Å². The van der Waals surface area contributed by atoms with E-state index in [0.717, 1.165) is 36.7 Å². The third-order valence-electron chi connectivity index (χ3n) is 4.90. The molecule has 0 bridgehead atoms. The number of rotatable bonds is 6. The smallest absolute Gasteiger partial charge is 0.157 e. The van der Waals surface area contributed by atoms with Crippen LogP contribution in [0.25, 0.3) is 0 Å². The molecule has 3 nitrogen and oxygen atoms in total. The Hall–Kier alpha value is -0.800. The predicted molar refractivity (Wildman–Crippen MR) is 76.6 cm³/mol. The Balaban J connectivity index is 1.96. The summed E-state index contributed by atoms with van der Waals surface area (Å²) in [6.07, 6.45) is 7.14. The van der Waals surface area contributed by atoms with Crippen LogP contribution >= 0.6 is 0 Å². The summed E-state index contributed by atoms with van der Waals surface area (Å²) in [5.74, 6) is 2.89. The molecule has 0 radical (unpaired) electrons. The molecule has 4 N–H and O–H groups in total. The summed E-state index contributed by atoms with van der Waals surface area (Å²) >= 11 is 0. The molecule has 1 heterocycles. The fourth-order valence-electron chi connectivity index (χ4n) is 3.34. The largest absolute Gasteiger partial charge is 0.463 e. The molecule has 0 amide bonds. The Morgan fingerprint density at radius 1 is 1.32 bits per heavy atom. The molecular weight excluding hydrogens is 236 g/mol. The van der Waals surface area contributed by atoms with Gasteiger partial charge in [0.05, 0.1) is 25.4 Å². The van der Waals surface area contributed by atoms with Crippen LogP contribution in [0.3, 0.4) is 0 Å². The maximum atomic E-state index is 5.55. The van der Waals surface area contributed by atoms with Crippen LogP contribution in [0.2, 0.25) is 0 Å². The van der Waals surface area contributed by atoms with Gasteiger partial charge in [0.15, 0.2) is 5.76 Å². The highest BCUT2D eigenvalue weighted by atomic mass is 16.3. The highest BCUT2D eigenvalue weighted by Gasteiger charge is 2.31. The van der Waals surface area contributed by atoms with Crippen molar-refractivity contribution in [3.05, 3.63) is 24.2 Å². The minimum Gasteiger partial charge on any atom is -0.463 e. The first-order valence-corrected chi connectivity index (χ1v) is 7.87. The second-order valence-corrected chi connectivity index (χ2v) is 6.34. The summed E-state index contributed by atoms with van der Waals surface area (Å²) in [5.41, 5.74) is 3.99. The maximum absolute atomic E-state index is 5.55. The normalized spacial score (nSPS) is 29.3. The molecule has 1 fully saturated rings. The van der Waals surface area contributed by atoms with Crippen molar-refractivity contribution in [1.29, 1.82) is 0 Å². The molecule has 1 aliphatic carbocycles.